The normalized spacial score (nSPS) is 19.5. The molecule has 1 aliphatic rings. The largest absolute Gasteiger partial charge is 0.432 e. The van der Waals surface area contributed by atoms with Crippen LogP contribution in [0.5, 0.6) is 5.75 Å². The molecule has 0 saturated heterocycles. The molecule has 2 nitrogen and oxygen atoms in total. The van der Waals surface area contributed by atoms with Gasteiger partial charge in [0.05, 0.1) is 6.42 Å². The first-order valence-electron chi connectivity index (χ1n) is 4.97. The Balaban J connectivity index is 2.30. The van der Waals surface area contributed by atoms with Crippen molar-refractivity contribution in [2.45, 2.75) is 31.9 Å². The van der Waals surface area contributed by atoms with Gasteiger partial charge >= 0.3 is 6.11 Å². The lowest BCUT2D eigenvalue weighted by molar-refractivity contribution is -0.159. The molecule has 82 valence electrons. The molecule has 1 atom stereocenters. The molecule has 0 saturated carbocycles. The second kappa shape index (κ2) is 3.45. The highest BCUT2D eigenvalue weighted by atomic mass is 19.3. The van der Waals surface area contributed by atoms with Crippen LogP contribution in [-0.2, 0) is 6.42 Å². The standard InChI is InChI=1S/C11H13F2NO/c1-2-9(14)7-3-4-8-6-11(12,13)15-10(8)5-7/h3-5,9H,2,6,14H2,1H3. The molecule has 0 radical (unpaired) electrons. The zero-order chi connectivity index (χ0) is 11.1. The van der Waals surface area contributed by atoms with Crippen LogP contribution in [0.4, 0.5) is 8.78 Å². The first kappa shape index (κ1) is 10.4. The Morgan fingerprint density at radius 1 is 1.53 bits per heavy atom. The number of alkyl halides is 2. The molecule has 1 heterocycles. The molecule has 4 heteroatoms. The average molecular weight is 213 g/mol. The number of nitrogens with two attached hydrogens (primary N) is 1. The summed E-state index contributed by atoms with van der Waals surface area (Å²) in [5.41, 5.74) is 7.20. The maximum Gasteiger partial charge on any atom is 0.402 e. The fraction of sp³-hybridized carbons (Fsp3) is 0.455. The second-order valence-electron chi connectivity index (χ2n) is 3.80. The summed E-state index contributed by atoms with van der Waals surface area (Å²) in [7, 11) is 0. The number of hydrogen-bond donors (Lipinski definition) is 1. The van der Waals surface area contributed by atoms with Gasteiger partial charge in [-0.25, -0.2) is 0 Å². The minimum atomic E-state index is -3.06. The molecule has 0 aliphatic carbocycles. The van der Waals surface area contributed by atoms with Crippen LogP contribution in [0, 0.1) is 0 Å². The van der Waals surface area contributed by atoms with Crippen LogP contribution >= 0.6 is 0 Å². The van der Waals surface area contributed by atoms with Crippen molar-refractivity contribution >= 4 is 0 Å². The van der Waals surface area contributed by atoms with Crippen molar-refractivity contribution in [3.63, 3.8) is 0 Å². The lowest BCUT2D eigenvalue weighted by Gasteiger charge is -2.11. The third-order valence-corrected chi connectivity index (χ3v) is 2.61. The summed E-state index contributed by atoms with van der Waals surface area (Å²) in [6.45, 7) is 1.95. The van der Waals surface area contributed by atoms with Crippen molar-refractivity contribution in [1.29, 1.82) is 0 Å². The van der Waals surface area contributed by atoms with E-state index in [2.05, 4.69) is 4.74 Å². The van der Waals surface area contributed by atoms with Gasteiger partial charge in [-0.2, -0.15) is 8.78 Å². The summed E-state index contributed by atoms with van der Waals surface area (Å²) in [6, 6.07) is 4.96. The first-order chi connectivity index (χ1) is 7.02. The molecule has 1 aromatic carbocycles. The van der Waals surface area contributed by atoms with E-state index >= 15 is 0 Å². The van der Waals surface area contributed by atoms with Crippen molar-refractivity contribution in [3.05, 3.63) is 29.3 Å². The molecular formula is C11H13F2NO. The molecule has 0 fully saturated rings. The number of halogens is 2. The maximum absolute atomic E-state index is 12.9. The smallest absolute Gasteiger partial charge is 0.402 e. The van der Waals surface area contributed by atoms with Gasteiger partial charge in [0.2, 0.25) is 0 Å². The van der Waals surface area contributed by atoms with Crippen molar-refractivity contribution in [2.75, 3.05) is 0 Å². The highest BCUT2D eigenvalue weighted by molar-refractivity contribution is 5.42. The molecule has 2 N–H and O–H groups in total. The van der Waals surface area contributed by atoms with Crippen LogP contribution in [-0.4, -0.2) is 6.11 Å². The van der Waals surface area contributed by atoms with Crippen molar-refractivity contribution in [2.24, 2.45) is 5.73 Å². The zero-order valence-electron chi connectivity index (χ0n) is 8.47. The fourth-order valence-corrected chi connectivity index (χ4v) is 1.70. The van der Waals surface area contributed by atoms with E-state index in [9.17, 15) is 8.78 Å². The van der Waals surface area contributed by atoms with Crippen molar-refractivity contribution in [1.82, 2.24) is 0 Å². The Morgan fingerprint density at radius 3 is 2.93 bits per heavy atom. The van der Waals surface area contributed by atoms with Crippen LogP contribution in [0.25, 0.3) is 0 Å². The third kappa shape index (κ3) is 1.95. The molecular weight excluding hydrogens is 200 g/mol. The molecule has 0 spiro atoms. The summed E-state index contributed by atoms with van der Waals surface area (Å²) in [5, 5.41) is 0. The van der Waals surface area contributed by atoms with E-state index in [1.54, 1.807) is 18.2 Å². The average Bonchev–Trinajstić information content (AvgIpc) is 2.49. The summed E-state index contributed by atoms with van der Waals surface area (Å²) in [6.07, 6.45) is -2.63. The van der Waals surface area contributed by atoms with E-state index in [1.165, 1.54) is 0 Å². The number of ether oxygens (including phenoxy) is 1. The quantitative estimate of drug-likeness (QED) is 0.819. The molecule has 1 aromatic rings. The Bertz CT molecular complexity index is 379. The number of fused-ring (bicyclic) bond motifs is 1. The lowest BCUT2D eigenvalue weighted by atomic mass is 10.0. The molecule has 0 amide bonds. The Hall–Kier alpha value is -1.16. The predicted octanol–water partition coefficient (Wildman–Crippen LogP) is 2.62. The van der Waals surface area contributed by atoms with E-state index < -0.39 is 6.11 Å². The number of hydrogen-bond acceptors (Lipinski definition) is 2. The van der Waals surface area contributed by atoms with E-state index in [0.717, 1.165) is 12.0 Å². The summed E-state index contributed by atoms with van der Waals surface area (Å²) in [4.78, 5) is 0. The molecule has 15 heavy (non-hydrogen) atoms. The van der Waals surface area contributed by atoms with E-state index in [1.807, 2.05) is 6.92 Å². The topological polar surface area (TPSA) is 35.2 Å². The minimum absolute atomic E-state index is 0.117. The summed E-state index contributed by atoms with van der Waals surface area (Å²) in [5.74, 6) is 0.265. The maximum atomic E-state index is 12.9. The Morgan fingerprint density at radius 2 is 2.27 bits per heavy atom. The predicted molar refractivity (Wildman–Crippen MR) is 52.9 cm³/mol. The Labute approximate surface area is 87.0 Å². The Kier molecular flexibility index (Phi) is 2.38. The molecule has 1 aliphatic heterocycles. The van der Waals surface area contributed by atoms with Gasteiger partial charge in [0.1, 0.15) is 5.75 Å². The van der Waals surface area contributed by atoms with Crippen LogP contribution in [0.15, 0.2) is 18.2 Å². The fourth-order valence-electron chi connectivity index (χ4n) is 1.70. The van der Waals surface area contributed by atoms with Gasteiger partial charge in [0.15, 0.2) is 0 Å². The van der Waals surface area contributed by atoms with Crippen molar-refractivity contribution in [3.8, 4) is 5.75 Å². The van der Waals surface area contributed by atoms with Crippen LogP contribution in [0.2, 0.25) is 0 Å². The first-order valence-corrected chi connectivity index (χ1v) is 4.97. The SMILES string of the molecule is CCC(N)c1ccc2c(c1)OC(F)(F)C2. The minimum Gasteiger partial charge on any atom is -0.432 e. The van der Waals surface area contributed by atoms with Gasteiger partial charge < -0.3 is 10.5 Å². The highest BCUT2D eigenvalue weighted by Gasteiger charge is 2.39. The summed E-state index contributed by atoms with van der Waals surface area (Å²) < 4.78 is 30.3. The number of benzene rings is 1. The van der Waals surface area contributed by atoms with E-state index in [-0.39, 0.29) is 18.2 Å². The zero-order valence-corrected chi connectivity index (χ0v) is 8.47. The molecule has 2 rings (SSSR count). The summed E-state index contributed by atoms with van der Waals surface area (Å²) >= 11 is 0. The van der Waals surface area contributed by atoms with Gasteiger partial charge in [0, 0.05) is 11.6 Å². The van der Waals surface area contributed by atoms with E-state index in [0.29, 0.717) is 5.56 Å². The van der Waals surface area contributed by atoms with E-state index in [4.69, 9.17) is 5.73 Å². The van der Waals surface area contributed by atoms with Crippen molar-refractivity contribution < 1.29 is 13.5 Å². The van der Waals surface area contributed by atoms with Gasteiger partial charge in [-0.1, -0.05) is 19.1 Å². The lowest BCUT2D eigenvalue weighted by Crippen LogP contribution is -2.20. The van der Waals surface area contributed by atoms with Gasteiger partial charge in [-0.05, 0) is 18.1 Å². The van der Waals surface area contributed by atoms with Gasteiger partial charge in [-0.3, -0.25) is 0 Å². The highest BCUT2D eigenvalue weighted by Crippen LogP contribution is 2.38. The van der Waals surface area contributed by atoms with Crippen LogP contribution < -0.4 is 10.5 Å². The monoisotopic (exact) mass is 213 g/mol. The van der Waals surface area contributed by atoms with Gasteiger partial charge in [-0.15, -0.1) is 0 Å². The third-order valence-electron chi connectivity index (χ3n) is 2.61. The second-order valence-corrected chi connectivity index (χ2v) is 3.80. The molecule has 0 bridgehead atoms. The molecule has 1 unspecified atom stereocenters. The van der Waals surface area contributed by atoms with Gasteiger partial charge in [0.25, 0.3) is 0 Å². The number of rotatable bonds is 2. The molecule has 0 aromatic heterocycles. The van der Waals surface area contributed by atoms with Crippen LogP contribution in [0.1, 0.15) is 30.5 Å². The van der Waals surface area contributed by atoms with Crippen LogP contribution in [0.3, 0.4) is 0 Å².